The Hall–Kier alpha value is -0.600. The van der Waals surface area contributed by atoms with Gasteiger partial charge in [-0.15, -0.1) is 0 Å². The van der Waals surface area contributed by atoms with Gasteiger partial charge in [-0.2, -0.15) is 0 Å². The first-order chi connectivity index (χ1) is 10.8. The lowest BCUT2D eigenvalue weighted by Gasteiger charge is -2.20. The summed E-state index contributed by atoms with van der Waals surface area (Å²) in [5.41, 5.74) is 0.735. The molecule has 0 unspecified atom stereocenters. The maximum absolute atomic E-state index is 12.6. The molecule has 122 valence electrons. The summed E-state index contributed by atoms with van der Waals surface area (Å²) in [6, 6.07) is 4.70. The summed E-state index contributed by atoms with van der Waals surface area (Å²) < 4.78 is 23.6. The molecular weight excluding hydrogens is 397 g/mol. The van der Waals surface area contributed by atoms with Crippen molar-refractivity contribution in [2.24, 2.45) is 0 Å². The van der Waals surface area contributed by atoms with Crippen LogP contribution >= 0.6 is 47.2 Å². The molecule has 0 bridgehead atoms. The molecule has 0 aromatic heterocycles. The topological polar surface area (TPSA) is 54.5 Å². The van der Waals surface area contributed by atoms with Crippen molar-refractivity contribution >= 4 is 73.3 Å². The Labute approximate surface area is 153 Å². The SMILES string of the molecule is O=C1/C(=C/c2ccc(Cl)c(Cl)c2)SC(=S)N1[C@H]1CCS(=O)(=O)C1. The lowest BCUT2D eigenvalue weighted by atomic mass is 10.2. The summed E-state index contributed by atoms with van der Waals surface area (Å²) in [6.07, 6.45) is 2.11. The van der Waals surface area contributed by atoms with Gasteiger partial charge in [0, 0.05) is 0 Å². The third-order valence-corrected chi connectivity index (χ3v) is 7.46. The molecule has 0 N–H and O–H groups in total. The van der Waals surface area contributed by atoms with Gasteiger partial charge in [0.15, 0.2) is 9.84 Å². The second kappa shape index (κ2) is 6.37. The van der Waals surface area contributed by atoms with E-state index < -0.39 is 9.84 Å². The van der Waals surface area contributed by atoms with Crippen LogP contribution in [0.5, 0.6) is 0 Å². The Balaban J connectivity index is 1.86. The number of carbonyl (C=O) groups is 1. The smallest absolute Gasteiger partial charge is 0.266 e. The first-order valence-electron chi connectivity index (χ1n) is 6.69. The van der Waals surface area contributed by atoms with Crippen LogP contribution in [-0.4, -0.2) is 41.1 Å². The summed E-state index contributed by atoms with van der Waals surface area (Å²) in [7, 11) is -3.08. The van der Waals surface area contributed by atoms with Crippen LogP contribution in [0.4, 0.5) is 0 Å². The molecule has 0 aliphatic carbocycles. The average Bonchev–Trinajstić information content (AvgIpc) is 2.94. The number of rotatable bonds is 2. The maximum Gasteiger partial charge on any atom is 0.266 e. The number of thiocarbonyl (C=S) groups is 1. The van der Waals surface area contributed by atoms with Crippen molar-refractivity contribution in [2.75, 3.05) is 11.5 Å². The van der Waals surface area contributed by atoms with Crippen LogP contribution in [0.15, 0.2) is 23.1 Å². The van der Waals surface area contributed by atoms with Crippen LogP contribution in [-0.2, 0) is 14.6 Å². The Kier molecular flexibility index (Phi) is 4.77. The summed E-state index contributed by atoms with van der Waals surface area (Å²) in [5, 5.41) is 0.838. The maximum atomic E-state index is 12.6. The van der Waals surface area contributed by atoms with Crippen molar-refractivity contribution in [2.45, 2.75) is 12.5 Å². The number of sulfone groups is 1. The van der Waals surface area contributed by atoms with E-state index in [9.17, 15) is 13.2 Å². The predicted octanol–water partition coefficient (Wildman–Crippen LogP) is 3.38. The third kappa shape index (κ3) is 3.58. The third-order valence-electron chi connectivity index (χ3n) is 3.64. The number of hydrogen-bond acceptors (Lipinski definition) is 5. The van der Waals surface area contributed by atoms with Gasteiger partial charge in [-0.25, -0.2) is 8.42 Å². The summed E-state index contributed by atoms with van der Waals surface area (Å²) in [5.74, 6) is -0.187. The minimum atomic E-state index is -3.08. The molecule has 0 radical (unpaired) electrons. The fourth-order valence-corrected chi connectivity index (χ4v) is 5.93. The Bertz CT molecular complexity index is 836. The van der Waals surface area contributed by atoms with Gasteiger partial charge in [-0.3, -0.25) is 9.69 Å². The molecule has 1 amide bonds. The highest BCUT2D eigenvalue weighted by Gasteiger charge is 2.42. The number of hydrogen-bond donors (Lipinski definition) is 0. The number of benzene rings is 1. The zero-order valence-electron chi connectivity index (χ0n) is 11.7. The van der Waals surface area contributed by atoms with Crippen molar-refractivity contribution in [1.29, 1.82) is 0 Å². The standard InChI is InChI=1S/C14H11Cl2NO3S3/c15-10-2-1-8(5-11(10)16)6-12-13(18)17(14(21)22-12)9-3-4-23(19,20)7-9/h1-2,5-6,9H,3-4,7H2/b12-6-/t9-/m0/s1. The van der Waals surface area contributed by atoms with Gasteiger partial charge in [0.1, 0.15) is 4.32 Å². The van der Waals surface area contributed by atoms with E-state index in [1.165, 1.54) is 16.7 Å². The first-order valence-corrected chi connectivity index (χ1v) is 10.5. The zero-order valence-corrected chi connectivity index (χ0v) is 15.6. The number of carbonyl (C=O) groups excluding carboxylic acids is 1. The molecule has 1 aromatic rings. The van der Waals surface area contributed by atoms with Crippen LogP contribution in [0.3, 0.4) is 0 Å². The largest absolute Gasteiger partial charge is 0.289 e. The van der Waals surface area contributed by atoms with E-state index >= 15 is 0 Å². The van der Waals surface area contributed by atoms with Gasteiger partial charge in [0.05, 0.1) is 32.5 Å². The zero-order chi connectivity index (χ0) is 16.8. The molecule has 9 heteroatoms. The monoisotopic (exact) mass is 407 g/mol. The molecular formula is C14H11Cl2NO3S3. The normalized spacial score (nSPS) is 25.6. The number of nitrogens with zero attached hydrogens (tertiary/aromatic N) is 1. The van der Waals surface area contributed by atoms with Crippen LogP contribution in [0, 0.1) is 0 Å². The highest BCUT2D eigenvalue weighted by Crippen LogP contribution is 2.36. The summed E-state index contributed by atoms with van der Waals surface area (Å²) in [6.45, 7) is 0. The molecule has 3 rings (SSSR count). The minimum Gasteiger partial charge on any atom is -0.289 e. The van der Waals surface area contributed by atoms with E-state index in [4.69, 9.17) is 35.4 Å². The van der Waals surface area contributed by atoms with Crippen molar-refractivity contribution in [3.05, 3.63) is 38.7 Å². The second-order valence-electron chi connectivity index (χ2n) is 5.28. The Morgan fingerprint density at radius 1 is 1.30 bits per heavy atom. The van der Waals surface area contributed by atoms with Crippen molar-refractivity contribution in [3.63, 3.8) is 0 Å². The van der Waals surface area contributed by atoms with Crippen molar-refractivity contribution < 1.29 is 13.2 Å². The van der Waals surface area contributed by atoms with Gasteiger partial charge in [0.25, 0.3) is 5.91 Å². The predicted molar refractivity (Wildman–Crippen MR) is 98.5 cm³/mol. The molecule has 2 heterocycles. The Morgan fingerprint density at radius 3 is 2.65 bits per heavy atom. The van der Waals surface area contributed by atoms with Gasteiger partial charge in [0.2, 0.25) is 0 Å². The van der Waals surface area contributed by atoms with Crippen molar-refractivity contribution in [3.8, 4) is 0 Å². The van der Waals surface area contributed by atoms with Gasteiger partial charge in [-0.05, 0) is 30.2 Å². The molecule has 2 saturated heterocycles. The van der Waals surface area contributed by atoms with Crippen LogP contribution < -0.4 is 0 Å². The summed E-state index contributed by atoms with van der Waals surface area (Å²) >= 11 is 18.3. The van der Waals surface area contributed by atoms with Crippen LogP contribution in [0.1, 0.15) is 12.0 Å². The van der Waals surface area contributed by atoms with Gasteiger partial charge >= 0.3 is 0 Å². The number of thioether (sulfide) groups is 1. The first kappa shape index (κ1) is 17.2. The minimum absolute atomic E-state index is 0.0283. The molecule has 1 atom stereocenters. The molecule has 2 fully saturated rings. The number of amides is 1. The fourth-order valence-electron chi connectivity index (χ4n) is 2.53. The van der Waals surface area contributed by atoms with Gasteiger partial charge < -0.3 is 0 Å². The van der Waals surface area contributed by atoms with E-state index in [0.29, 0.717) is 25.7 Å². The van der Waals surface area contributed by atoms with Gasteiger partial charge in [-0.1, -0.05) is 53.2 Å². The lowest BCUT2D eigenvalue weighted by molar-refractivity contribution is -0.123. The van der Waals surface area contributed by atoms with Crippen LogP contribution in [0.2, 0.25) is 10.0 Å². The highest BCUT2D eigenvalue weighted by molar-refractivity contribution is 8.26. The molecule has 0 saturated carbocycles. The molecule has 0 spiro atoms. The molecule has 2 aliphatic heterocycles. The highest BCUT2D eigenvalue weighted by atomic mass is 35.5. The second-order valence-corrected chi connectivity index (χ2v) is 10.0. The number of halogens is 2. The average molecular weight is 408 g/mol. The van der Waals surface area contributed by atoms with E-state index in [0.717, 1.165) is 5.56 Å². The van der Waals surface area contributed by atoms with E-state index in [1.807, 2.05) is 0 Å². The molecule has 23 heavy (non-hydrogen) atoms. The van der Waals surface area contributed by atoms with Crippen molar-refractivity contribution in [1.82, 2.24) is 4.90 Å². The quantitative estimate of drug-likeness (QED) is 0.555. The van der Waals surface area contributed by atoms with E-state index in [-0.39, 0.29) is 23.5 Å². The van der Waals surface area contributed by atoms with Crippen LogP contribution in [0.25, 0.3) is 6.08 Å². The molecule has 1 aromatic carbocycles. The molecule has 4 nitrogen and oxygen atoms in total. The summed E-state index contributed by atoms with van der Waals surface area (Å²) in [4.78, 5) is 14.4. The fraction of sp³-hybridized carbons (Fsp3) is 0.286. The van der Waals surface area contributed by atoms with E-state index in [2.05, 4.69) is 0 Å². The Morgan fingerprint density at radius 2 is 2.04 bits per heavy atom. The molecule has 2 aliphatic rings. The van der Waals surface area contributed by atoms with E-state index in [1.54, 1.807) is 24.3 Å². The lowest BCUT2D eigenvalue weighted by Crippen LogP contribution is -2.39.